The molecule has 7 heteroatoms. The molecule has 0 bridgehead atoms. The third-order valence-electron chi connectivity index (χ3n) is 4.04. The summed E-state index contributed by atoms with van der Waals surface area (Å²) in [4.78, 5) is 11.9. The molecule has 0 saturated heterocycles. The minimum absolute atomic E-state index is 0.361. The average molecular weight is 380 g/mol. The van der Waals surface area contributed by atoms with Crippen LogP contribution < -0.4 is 10.6 Å². The first-order chi connectivity index (χ1) is 13.1. The second kappa shape index (κ2) is 8.46. The Morgan fingerprint density at radius 2 is 1.89 bits per heavy atom. The molecule has 3 rings (SSSR count). The molecule has 27 heavy (non-hydrogen) atoms. The summed E-state index contributed by atoms with van der Waals surface area (Å²) in [7, 11) is 1.37. The van der Waals surface area contributed by atoms with Gasteiger partial charge in [-0.2, -0.15) is 5.10 Å². The maximum Gasteiger partial charge on any atom is 0.338 e. The maximum absolute atomic E-state index is 11.9. The lowest BCUT2D eigenvalue weighted by atomic mass is 10.1. The average Bonchev–Trinajstić information content (AvgIpc) is 3.10. The van der Waals surface area contributed by atoms with Crippen LogP contribution in [0.15, 0.2) is 60.9 Å². The van der Waals surface area contributed by atoms with E-state index in [9.17, 15) is 4.79 Å². The van der Waals surface area contributed by atoms with Gasteiger partial charge in [0.05, 0.1) is 31.1 Å². The number of para-hydroxylation sites is 1. The lowest BCUT2D eigenvalue weighted by Crippen LogP contribution is -2.19. The summed E-state index contributed by atoms with van der Waals surface area (Å²) in [6.07, 6.45) is 3.52. The Morgan fingerprint density at radius 3 is 2.67 bits per heavy atom. The monoisotopic (exact) mass is 380 g/mol. The Balaban J connectivity index is 1.66. The summed E-state index contributed by atoms with van der Waals surface area (Å²) in [5, 5.41) is 11.1. The van der Waals surface area contributed by atoms with Crippen LogP contribution in [0, 0.1) is 6.92 Å². The zero-order valence-corrected chi connectivity index (χ0v) is 15.9. The fourth-order valence-corrected chi connectivity index (χ4v) is 2.88. The number of benzene rings is 2. The summed E-state index contributed by atoms with van der Waals surface area (Å²) in [5.74, 6) is -0.361. The number of carbonyl (C=O) groups is 1. The van der Waals surface area contributed by atoms with Gasteiger partial charge in [0.1, 0.15) is 0 Å². The fraction of sp³-hybridized carbons (Fsp3) is 0.150. The van der Waals surface area contributed by atoms with Crippen LogP contribution in [0.2, 0.25) is 0 Å². The number of hydrogen-bond donors (Lipinski definition) is 2. The van der Waals surface area contributed by atoms with Crippen LogP contribution in [0.3, 0.4) is 0 Å². The highest BCUT2D eigenvalue weighted by Crippen LogP contribution is 2.15. The molecule has 0 atom stereocenters. The van der Waals surface area contributed by atoms with Crippen LogP contribution in [0.1, 0.15) is 21.5 Å². The molecule has 0 radical (unpaired) electrons. The molecule has 1 aromatic heterocycles. The van der Waals surface area contributed by atoms with E-state index in [1.165, 1.54) is 7.11 Å². The Bertz CT molecular complexity index is 968. The van der Waals surface area contributed by atoms with Gasteiger partial charge in [-0.1, -0.05) is 36.4 Å². The summed E-state index contributed by atoms with van der Waals surface area (Å²) in [6, 6.07) is 15.2. The number of aromatic nitrogens is 2. The molecule has 0 amide bonds. The van der Waals surface area contributed by atoms with Gasteiger partial charge in [0.25, 0.3) is 0 Å². The molecule has 1 heterocycles. The second-order valence-corrected chi connectivity index (χ2v) is 6.38. The number of hydrogen-bond acceptors (Lipinski definition) is 4. The number of thiocarbonyl (C=S) groups is 1. The van der Waals surface area contributed by atoms with Gasteiger partial charge >= 0.3 is 5.97 Å². The fourth-order valence-electron chi connectivity index (χ4n) is 2.65. The third-order valence-corrected chi connectivity index (χ3v) is 4.24. The van der Waals surface area contributed by atoms with E-state index in [0.29, 0.717) is 17.2 Å². The van der Waals surface area contributed by atoms with E-state index in [1.54, 1.807) is 16.9 Å². The van der Waals surface area contributed by atoms with Gasteiger partial charge in [-0.3, -0.25) is 4.68 Å². The Hall–Kier alpha value is -3.19. The van der Waals surface area contributed by atoms with Crippen molar-refractivity contribution in [3.8, 4) is 0 Å². The zero-order chi connectivity index (χ0) is 19.2. The highest BCUT2D eigenvalue weighted by Gasteiger charge is 2.12. The van der Waals surface area contributed by atoms with Crippen molar-refractivity contribution in [3.05, 3.63) is 77.6 Å². The first-order valence-electron chi connectivity index (χ1n) is 8.39. The summed E-state index contributed by atoms with van der Waals surface area (Å²) in [5.41, 5.74) is 4.18. The van der Waals surface area contributed by atoms with Crippen LogP contribution in [0.5, 0.6) is 0 Å². The molecule has 3 aromatic rings. The lowest BCUT2D eigenvalue weighted by Gasteiger charge is -2.11. The van der Waals surface area contributed by atoms with E-state index in [0.717, 1.165) is 22.5 Å². The van der Waals surface area contributed by atoms with E-state index < -0.39 is 0 Å². The van der Waals surface area contributed by atoms with Crippen molar-refractivity contribution in [2.45, 2.75) is 13.5 Å². The molecule has 138 valence electrons. The van der Waals surface area contributed by atoms with E-state index in [-0.39, 0.29) is 5.97 Å². The van der Waals surface area contributed by atoms with Crippen LogP contribution in [-0.4, -0.2) is 28.0 Å². The molecular weight excluding hydrogens is 360 g/mol. The molecule has 0 fully saturated rings. The molecule has 0 saturated carbocycles. The van der Waals surface area contributed by atoms with Gasteiger partial charge < -0.3 is 15.4 Å². The predicted octanol–water partition coefficient (Wildman–Crippen LogP) is 3.84. The Morgan fingerprint density at radius 1 is 1.15 bits per heavy atom. The van der Waals surface area contributed by atoms with Crippen molar-refractivity contribution in [2.75, 3.05) is 17.7 Å². The number of methoxy groups -OCH3 is 1. The van der Waals surface area contributed by atoms with E-state index >= 15 is 0 Å². The summed E-state index contributed by atoms with van der Waals surface area (Å²) >= 11 is 5.37. The predicted molar refractivity (Wildman–Crippen MR) is 110 cm³/mol. The first kappa shape index (κ1) is 18.6. The Labute approximate surface area is 163 Å². The number of aryl methyl sites for hydroxylation is 1. The topological polar surface area (TPSA) is 68.2 Å². The van der Waals surface area contributed by atoms with Crippen molar-refractivity contribution < 1.29 is 9.53 Å². The Kier molecular flexibility index (Phi) is 5.83. The SMILES string of the molecule is COC(=O)c1ccccc1Cn1cc(NC(=S)Nc2ccccc2C)cn1. The first-order valence-corrected chi connectivity index (χ1v) is 8.80. The van der Waals surface area contributed by atoms with Gasteiger partial charge in [0.2, 0.25) is 0 Å². The molecule has 0 aliphatic rings. The van der Waals surface area contributed by atoms with Crippen LogP contribution >= 0.6 is 12.2 Å². The van der Waals surface area contributed by atoms with Crippen molar-refractivity contribution in [1.29, 1.82) is 0 Å². The molecule has 0 aliphatic carbocycles. The third kappa shape index (κ3) is 4.71. The molecule has 2 N–H and O–H groups in total. The maximum atomic E-state index is 11.9. The van der Waals surface area contributed by atoms with Crippen molar-refractivity contribution in [1.82, 2.24) is 9.78 Å². The minimum Gasteiger partial charge on any atom is -0.465 e. The van der Waals surface area contributed by atoms with Gasteiger partial charge in [-0.05, 0) is 42.4 Å². The summed E-state index contributed by atoms with van der Waals surface area (Å²) < 4.78 is 6.57. The molecule has 0 aliphatic heterocycles. The number of nitrogens with one attached hydrogen (secondary N) is 2. The number of anilines is 2. The van der Waals surface area contributed by atoms with Crippen LogP contribution in [-0.2, 0) is 11.3 Å². The second-order valence-electron chi connectivity index (χ2n) is 5.97. The molecule has 0 spiro atoms. The largest absolute Gasteiger partial charge is 0.465 e. The smallest absolute Gasteiger partial charge is 0.338 e. The highest BCUT2D eigenvalue weighted by molar-refractivity contribution is 7.80. The molecule has 2 aromatic carbocycles. The van der Waals surface area contributed by atoms with Crippen LogP contribution in [0.25, 0.3) is 0 Å². The van der Waals surface area contributed by atoms with E-state index in [1.807, 2.05) is 55.6 Å². The number of carbonyl (C=O) groups excluding carboxylic acids is 1. The number of rotatable bonds is 5. The zero-order valence-electron chi connectivity index (χ0n) is 15.1. The van der Waals surface area contributed by atoms with Gasteiger partial charge in [-0.15, -0.1) is 0 Å². The van der Waals surface area contributed by atoms with Gasteiger partial charge in [-0.25, -0.2) is 4.79 Å². The number of ether oxygens (including phenoxy) is 1. The summed E-state index contributed by atoms with van der Waals surface area (Å²) in [6.45, 7) is 2.46. The van der Waals surface area contributed by atoms with Crippen LogP contribution in [0.4, 0.5) is 11.4 Å². The van der Waals surface area contributed by atoms with Gasteiger partial charge in [0, 0.05) is 11.9 Å². The van der Waals surface area contributed by atoms with Gasteiger partial charge in [0.15, 0.2) is 5.11 Å². The minimum atomic E-state index is -0.361. The number of esters is 1. The molecular formula is C20H20N4O2S. The standard InChI is InChI=1S/C20H20N4O2S/c1-14-7-3-6-10-18(14)23-20(27)22-16-11-21-24(13-16)12-15-8-4-5-9-17(15)19(25)26-2/h3-11,13H,12H2,1-2H3,(H2,22,23,27). The lowest BCUT2D eigenvalue weighted by molar-refractivity contribution is 0.0599. The van der Waals surface area contributed by atoms with E-state index in [2.05, 4.69) is 15.7 Å². The number of nitrogens with zero attached hydrogens (tertiary/aromatic N) is 2. The highest BCUT2D eigenvalue weighted by atomic mass is 32.1. The van der Waals surface area contributed by atoms with E-state index in [4.69, 9.17) is 17.0 Å². The quantitative estimate of drug-likeness (QED) is 0.518. The van der Waals surface area contributed by atoms with Crippen molar-refractivity contribution >= 4 is 34.7 Å². The molecule has 6 nitrogen and oxygen atoms in total. The van der Waals surface area contributed by atoms with Crippen molar-refractivity contribution in [3.63, 3.8) is 0 Å². The van der Waals surface area contributed by atoms with Crippen molar-refractivity contribution in [2.24, 2.45) is 0 Å². The normalized spacial score (nSPS) is 10.3. The molecule has 0 unspecified atom stereocenters.